The highest BCUT2D eigenvalue weighted by Gasteiger charge is 2.23. The third-order valence-electron chi connectivity index (χ3n) is 5.09. The lowest BCUT2D eigenvalue weighted by Gasteiger charge is -2.35. The van der Waals surface area contributed by atoms with Crippen LogP contribution in [0.4, 0.5) is 0 Å². The van der Waals surface area contributed by atoms with Gasteiger partial charge in [-0.3, -0.25) is 9.69 Å². The van der Waals surface area contributed by atoms with Crippen molar-refractivity contribution in [2.45, 2.75) is 25.8 Å². The van der Waals surface area contributed by atoms with Crippen LogP contribution in [-0.4, -0.2) is 50.3 Å². The molecular formula is C23H30N2O3. The Hall–Kier alpha value is -2.37. The van der Waals surface area contributed by atoms with Crippen LogP contribution in [-0.2, 0) is 16.0 Å². The minimum atomic E-state index is 0.0133. The molecule has 1 heterocycles. The standard InChI is InChI=1S/C23H30N2O3/c1-2-19-8-10-20(11-9-19)22(25-13-16-27-17-14-25)18-24-23(26)12-15-28-21-6-4-3-5-7-21/h3-11,22H,2,12-18H2,1H3,(H,24,26). The van der Waals surface area contributed by atoms with E-state index in [0.29, 0.717) is 19.6 Å². The number of benzene rings is 2. The molecule has 28 heavy (non-hydrogen) atoms. The number of nitrogens with one attached hydrogen (secondary N) is 1. The summed E-state index contributed by atoms with van der Waals surface area (Å²) in [7, 11) is 0. The van der Waals surface area contributed by atoms with Crippen LogP contribution in [0, 0.1) is 0 Å². The van der Waals surface area contributed by atoms with Gasteiger partial charge in [0.05, 0.1) is 32.3 Å². The zero-order valence-electron chi connectivity index (χ0n) is 16.6. The van der Waals surface area contributed by atoms with E-state index >= 15 is 0 Å². The van der Waals surface area contributed by atoms with Crippen LogP contribution in [0.25, 0.3) is 0 Å². The maximum atomic E-state index is 12.3. The molecule has 1 aliphatic rings. The van der Waals surface area contributed by atoms with E-state index in [1.165, 1.54) is 11.1 Å². The average molecular weight is 383 g/mol. The highest BCUT2D eigenvalue weighted by Crippen LogP contribution is 2.22. The lowest BCUT2D eigenvalue weighted by atomic mass is 10.0. The van der Waals surface area contributed by atoms with E-state index in [9.17, 15) is 4.79 Å². The Kier molecular flexibility index (Phi) is 7.88. The second-order valence-electron chi connectivity index (χ2n) is 6.97. The van der Waals surface area contributed by atoms with Gasteiger partial charge in [-0.05, 0) is 29.7 Å². The molecule has 1 atom stereocenters. The molecule has 3 rings (SSSR count). The van der Waals surface area contributed by atoms with E-state index in [2.05, 4.69) is 41.4 Å². The Morgan fingerprint density at radius 2 is 1.82 bits per heavy atom. The van der Waals surface area contributed by atoms with Crippen LogP contribution in [0.5, 0.6) is 5.75 Å². The van der Waals surface area contributed by atoms with Crippen LogP contribution >= 0.6 is 0 Å². The van der Waals surface area contributed by atoms with Gasteiger partial charge in [-0.15, -0.1) is 0 Å². The second-order valence-corrected chi connectivity index (χ2v) is 6.97. The average Bonchev–Trinajstić information content (AvgIpc) is 2.76. The van der Waals surface area contributed by atoms with Crippen molar-refractivity contribution < 1.29 is 14.3 Å². The number of hydrogen-bond acceptors (Lipinski definition) is 4. The van der Waals surface area contributed by atoms with Crippen LogP contribution in [0.3, 0.4) is 0 Å². The number of carbonyl (C=O) groups is 1. The molecule has 150 valence electrons. The summed E-state index contributed by atoms with van der Waals surface area (Å²) in [4.78, 5) is 14.7. The largest absolute Gasteiger partial charge is 0.493 e. The van der Waals surface area contributed by atoms with Crippen molar-refractivity contribution in [2.24, 2.45) is 0 Å². The van der Waals surface area contributed by atoms with Crippen LogP contribution in [0.2, 0.25) is 0 Å². The minimum absolute atomic E-state index is 0.0133. The quantitative estimate of drug-likeness (QED) is 0.724. The number of carbonyl (C=O) groups excluding carboxylic acids is 1. The summed E-state index contributed by atoms with van der Waals surface area (Å²) in [6.45, 7) is 6.37. The van der Waals surface area contributed by atoms with Gasteiger partial charge in [0, 0.05) is 19.6 Å². The lowest BCUT2D eigenvalue weighted by molar-refractivity contribution is -0.121. The Balaban J connectivity index is 1.53. The third kappa shape index (κ3) is 6.08. The molecule has 0 spiro atoms. The number of amides is 1. The maximum Gasteiger partial charge on any atom is 0.223 e. The molecule has 0 aliphatic carbocycles. The van der Waals surface area contributed by atoms with E-state index in [4.69, 9.17) is 9.47 Å². The SMILES string of the molecule is CCc1ccc(C(CNC(=O)CCOc2ccccc2)N2CCOCC2)cc1. The Labute approximate surface area is 167 Å². The fraction of sp³-hybridized carbons (Fsp3) is 0.435. The zero-order chi connectivity index (χ0) is 19.6. The predicted octanol–water partition coefficient (Wildman–Crippen LogP) is 3.21. The topological polar surface area (TPSA) is 50.8 Å². The molecule has 5 heteroatoms. The molecule has 1 saturated heterocycles. The Bertz CT molecular complexity index is 712. The van der Waals surface area contributed by atoms with Crippen LogP contribution < -0.4 is 10.1 Å². The predicted molar refractivity (Wildman–Crippen MR) is 111 cm³/mol. The van der Waals surface area contributed by atoms with Crippen molar-refractivity contribution >= 4 is 5.91 Å². The lowest BCUT2D eigenvalue weighted by Crippen LogP contribution is -2.44. The number of nitrogens with zero attached hydrogens (tertiary/aromatic N) is 1. The third-order valence-corrected chi connectivity index (χ3v) is 5.09. The van der Waals surface area contributed by atoms with Crippen molar-refractivity contribution in [3.63, 3.8) is 0 Å². The first-order valence-electron chi connectivity index (χ1n) is 10.1. The highest BCUT2D eigenvalue weighted by molar-refractivity contribution is 5.76. The molecule has 1 N–H and O–H groups in total. The monoisotopic (exact) mass is 382 g/mol. The number of aryl methyl sites for hydroxylation is 1. The first-order valence-corrected chi connectivity index (χ1v) is 10.1. The normalized spacial score (nSPS) is 15.8. The summed E-state index contributed by atoms with van der Waals surface area (Å²) in [5.41, 5.74) is 2.56. The molecule has 0 saturated carbocycles. The molecule has 1 aliphatic heterocycles. The van der Waals surface area contributed by atoms with E-state index in [-0.39, 0.29) is 11.9 Å². The summed E-state index contributed by atoms with van der Waals surface area (Å²) in [6, 6.07) is 18.5. The van der Waals surface area contributed by atoms with Gasteiger partial charge in [0.15, 0.2) is 0 Å². The summed E-state index contributed by atoms with van der Waals surface area (Å²) in [6.07, 6.45) is 1.38. The van der Waals surface area contributed by atoms with Gasteiger partial charge in [-0.25, -0.2) is 0 Å². The van der Waals surface area contributed by atoms with Crippen molar-refractivity contribution in [1.82, 2.24) is 10.2 Å². The van der Waals surface area contributed by atoms with E-state index in [1.807, 2.05) is 30.3 Å². The first kappa shape index (κ1) is 20.4. The summed E-state index contributed by atoms with van der Waals surface area (Å²) in [5.74, 6) is 0.803. The smallest absolute Gasteiger partial charge is 0.223 e. The number of hydrogen-bond donors (Lipinski definition) is 1. The van der Waals surface area contributed by atoms with E-state index < -0.39 is 0 Å². The zero-order valence-corrected chi connectivity index (χ0v) is 16.6. The fourth-order valence-corrected chi connectivity index (χ4v) is 3.40. The van der Waals surface area contributed by atoms with Crippen molar-refractivity contribution in [3.8, 4) is 5.75 Å². The van der Waals surface area contributed by atoms with Gasteiger partial charge in [-0.1, -0.05) is 49.4 Å². The van der Waals surface area contributed by atoms with Gasteiger partial charge >= 0.3 is 0 Å². The molecular weight excluding hydrogens is 352 g/mol. The summed E-state index contributed by atoms with van der Waals surface area (Å²) in [5, 5.41) is 3.09. The van der Waals surface area contributed by atoms with E-state index in [0.717, 1.165) is 38.5 Å². The molecule has 5 nitrogen and oxygen atoms in total. The van der Waals surface area contributed by atoms with Crippen LogP contribution in [0.1, 0.15) is 30.5 Å². The van der Waals surface area contributed by atoms with Gasteiger partial charge in [0.1, 0.15) is 5.75 Å². The first-order chi connectivity index (χ1) is 13.8. The van der Waals surface area contributed by atoms with Gasteiger partial charge in [0.25, 0.3) is 0 Å². The molecule has 1 unspecified atom stereocenters. The maximum absolute atomic E-state index is 12.3. The van der Waals surface area contributed by atoms with Gasteiger partial charge in [0.2, 0.25) is 5.91 Å². The number of morpholine rings is 1. The molecule has 0 bridgehead atoms. The van der Waals surface area contributed by atoms with E-state index in [1.54, 1.807) is 0 Å². The Morgan fingerprint density at radius 3 is 2.50 bits per heavy atom. The Morgan fingerprint density at radius 1 is 1.11 bits per heavy atom. The van der Waals surface area contributed by atoms with Crippen LogP contribution in [0.15, 0.2) is 54.6 Å². The second kappa shape index (κ2) is 10.8. The number of ether oxygens (including phenoxy) is 2. The molecule has 0 radical (unpaired) electrons. The number of rotatable bonds is 9. The molecule has 2 aromatic carbocycles. The minimum Gasteiger partial charge on any atom is -0.493 e. The highest BCUT2D eigenvalue weighted by atomic mass is 16.5. The van der Waals surface area contributed by atoms with Crippen molar-refractivity contribution in [1.29, 1.82) is 0 Å². The van der Waals surface area contributed by atoms with Gasteiger partial charge in [-0.2, -0.15) is 0 Å². The number of para-hydroxylation sites is 1. The fourth-order valence-electron chi connectivity index (χ4n) is 3.40. The molecule has 2 aromatic rings. The molecule has 1 fully saturated rings. The van der Waals surface area contributed by atoms with Crippen molar-refractivity contribution in [2.75, 3.05) is 39.5 Å². The molecule has 1 amide bonds. The molecule has 0 aromatic heterocycles. The summed E-state index contributed by atoms with van der Waals surface area (Å²) < 4.78 is 11.1. The van der Waals surface area contributed by atoms with Crippen molar-refractivity contribution in [3.05, 3.63) is 65.7 Å². The van der Waals surface area contributed by atoms with Gasteiger partial charge < -0.3 is 14.8 Å². The summed E-state index contributed by atoms with van der Waals surface area (Å²) >= 11 is 0.